The number of carbonyl (C=O) groups excluding carboxylic acids is 4. The molecule has 0 aromatic heterocycles. The first-order valence-corrected chi connectivity index (χ1v) is 14.3. The number of ether oxygens (including phenoxy) is 2. The third-order valence-electron chi connectivity index (χ3n) is 9.62. The number of hydrogen-bond acceptors (Lipinski definition) is 8. The molecule has 8 heteroatoms. The molecule has 0 saturated heterocycles. The fourth-order valence-electron chi connectivity index (χ4n) is 7.18. The molecule has 6 rings (SSSR count). The van der Waals surface area contributed by atoms with Crippen LogP contribution in [0.15, 0.2) is 83.4 Å². The number of hydrogen-bond donors (Lipinski definition) is 2. The molecule has 2 atom stereocenters. The van der Waals surface area contributed by atoms with E-state index in [-0.39, 0.29) is 23.1 Å². The molecule has 44 heavy (non-hydrogen) atoms. The van der Waals surface area contributed by atoms with Crippen molar-refractivity contribution in [1.29, 1.82) is 0 Å². The third-order valence-corrected chi connectivity index (χ3v) is 9.62. The fraction of sp³-hybridized carbons (Fsp3) is 0.333. The molecule has 4 aliphatic carbocycles. The number of aliphatic hydroxyl groups excluding tert-OH is 2. The Balaban J connectivity index is 0.000000175. The van der Waals surface area contributed by atoms with E-state index in [9.17, 15) is 29.4 Å². The molecule has 0 bridgehead atoms. The Morgan fingerprint density at radius 1 is 0.568 bits per heavy atom. The van der Waals surface area contributed by atoms with Crippen molar-refractivity contribution in [3.05, 3.63) is 106 Å². The van der Waals surface area contributed by atoms with Crippen molar-refractivity contribution in [2.24, 2.45) is 10.8 Å². The average Bonchev–Trinajstić information content (AvgIpc) is 2.99. The summed E-state index contributed by atoms with van der Waals surface area (Å²) in [4.78, 5) is 49.5. The van der Waals surface area contributed by atoms with Crippen LogP contribution in [0.5, 0.6) is 11.5 Å². The summed E-state index contributed by atoms with van der Waals surface area (Å²) in [5.41, 5.74) is 0.0326. The molecular formula is C36H36O8. The molecule has 0 saturated carbocycles. The van der Waals surface area contributed by atoms with E-state index in [2.05, 4.69) is 0 Å². The molecule has 4 aliphatic rings. The van der Waals surface area contributed by atoms with Gasteiger partial charge in [0, 0.05) is 33.1 Å². The number of allylic oxidation sites excluding steroid dienone is 8. The van der Waals surface area contributed by atoms with Crippen molar-refractivity contribution in [3.8, 4) is 11.5 Å². The maximum absolute atomic E-state index is 12.5. The number of Topliss-reactive ketones (excluding diaryl/α,β-unsaturated/α-hetero) is 2. The Labute approximate surface area is 256 Å². The van der Waals surface area contributed by atoms with Gasteiger partial charge in [-0.05, 0) is 101 Å². The molecule has 2 aromatic rings. The lowest BCUT2D eigenvalue weighted by Crippen LogP contribution is -2.44. The average molecular weight is 597 g/mol. The highest BCUT2D eigenvalue weighted by Crippen LogP contribution is 2.54. The normalized spacial score (nSPS) is 25.8. The van der Waals surface area contributed by atoms with Crippen molar-refractivity contribution < 1.29 is 38.9 Å². The zero-order valence-electron chi connectivity index (χ0n) is 26.1. The second kappa shape index (κ2) is 9.91. The third kappa shape index (κ3) is 4.11. The predicted octanol–water partition coefficient (Wildman–Crippen LogP) is 6.25. The minimum atomic E-state index is -0.927. The molecule has 0 aliphatic heterocycles. The first-order valence-electron chi connectivity index (χ1n) is 14.3. The quantitative estimate of drug-likeness (QED) is 0.416. The topological polar surface area (TPSA) is 127 Å². The largest absolute Gasteiger partial charge is 0.504 e. The lowest BCUT2D eigenvalue weighted by atomic mass is 9.57. The Bertz CT molecular complexity index is 1670. The van der Waals surface area contributed by atoms with Crippen molar-refractivity contribution in [3.63, 3.8) is 0 Å². The van der Waals surface area contributed by atoms with Crippen LogP contribution in [-0.2, 0) is 20.4 Å². The highest BCUT2D eigenvalue weighted by atomic mass is 16.5. The molecular weight excluding hydrogens is 560 g/mol. The fourth-order valence-corrected chi connectivity index (χ4v) is 7.18. The van der Waals surface area contributed by atoms with Crippen LogP contribution < -0.4 is 9.47 Å². The van der Waals surface area contributed by atoms with Gasteiger partial charge in [-0.2, -0.15) is 0 Å². The first-order chi connectivity index (χ1) is 20.5. The zero-order valence-corrected chi connectivity index (χ0v) is 26.1. The molecule has 0 unspecified atom stereocenters. The van der Waals surface area contributed by atoms with Crippen molar-refractivity contribution >= 4 is 23.1 Å². The Morgan fingerprint density at radius 3 is 1.23 bits per heavy atom. The van der Waals surface area contributed by atoms with Gasteiger partial charge in [-0.15, -0.1) is 0 Å². The van der Waals surface area contributed by atoms with Crippen molar-refractivity contribution in [2.45, 2.75) is 52.4 Å². The van der Waals surface area contributed by atoms with Crippen LogP contribution in [0.25, 0.3) is 0 Å². The monoisotopic (exact) mass is 596 g/mol. The van der Waals surface area contributed by atoms with Crippen LogP contribution in [0, 0.1) is 10.8 Å². The minimum Gasteiger partial charge on any atom is -0.504 e. The van der Waals surface area contributed by atoms with E-state index in [1.54, 1.807) is 90.5 Å². The number of ketones is 4. The summed E-state index contributed by atoms with van der Waals surface area (Å²) in [5.74, 6) is -0.488. The minimum absolute atomic E-state index is 0.120. The SMILES string of the molecule is COc1ccc2c(c1)[C@@]1(C)C=CC(=O)C(C)(C)C1=C(O)C2=O.COc1ccc2c(c1)[C@]1(C)C=CC(=O)C(C)(C)C1=C(O)C2=O. The van der Waals surface area contributed by atoms with Crippen molar-refractivity contribution in [1.82, 2.24) is 0 Å². The number of rotatable bonds is 2. The van der Waals surface area contributed by atoms with Gasteiger partial charge in [-0.1, -0.05) is 12.2 Å². The van der Waals surface area contributed by atoms with Crippen LogP contribution in [-0.4, -0.2) is 47.6 Å². The number of carbonyl (C=O) groups is 4. The Hall–Kier alpha value is -4.72. The second-order valence-electron chi connectivity index (χ2n) is 13.0. The molecule has 0 fully saturated rings. The number of methoxy groups -OCH3 is 2. The van der Waals surface area contributed by atoms with Crippen LogP contribution in [0.3, 0.4) is 0 Å². The second-order valence-corrected chi connectivity index (χ2v) is 13.0. The van der Waals surface area contributed by atoms with Gasteiger partial charge < -0.3 is 19.7 Å². The van der Waals surface area contributed by atoms with Gasteiger partial charge in [0.05, 0.1) is 25.0 Å². The maximum atomic E-state index is 12.5. The highest BCUT2D eigenvalue weighted by Gasteiger charge is 2.53. The van der Waals surface area contributed by atoms with Gasteiger partial charge in [0.25, 0.3) is 0 Å². The van der Waals surface area contributed by atoms with E-state index >= 15 is 0 Å². The van der Waals surface area contributed by atoms with Gasteiger partial charge in [-0.3, -0.25) is 19.2 Å². The molecule has 0 radical (unpaired) electrons. The summed E-state index contributed by atoms with van der Waals surface area (Å²) in [7, 11) is 3.13. The van der Waals surface area contributed by atoms with E-state index in [1.165, 1.54) is 12.2 Å². The zero-order chi connectivity index (χ0) is 32.6. The van der Waals surface area contributed by atoms with Crippen LogP contribution >= 0.6 is 0 Å². The molecule has 2 N–H and O–H groups in total. The van der Waals surface area contributed by atoms with Crippen LogP contribution in [0.4, 0.5) is 0 Å². The summed E-state index contributed by atoms with van der Waals surface area (Å²) in [6, 6.07) is 10.3. The van der Waals surface area contributed by atoms with E-state index < -0.39 is 33.2 Å². The Morgan fingerprint density at radius 2 is 0.909 bits per heavy atom. The summed E-state index contributed by atoms with van der Waals surface area (Å²) in [5, 5.41) is 21.0. The molecule has 0 amide bonds. The van der Waals surface area contributed by atoms with E-state index in [1.807, 2.05) is 13.8 Å². The number of aliphatic hydroxyl groups is 2. The standard InChI is InChI=1S/2C18H18O4/c2*1-17(2)13(19)7-8-18(3)12-9-10(22-4)5-6-11(12)14(20)15(21)16(17)18/h2*5-9,21H,1-4H3/t2*18-/m10/s1. The molecule has 0 spiro atoms. The van der Waals surface area contributed by atoms with Gasteiger partial charge in [-0.25, -0.2) is 0 Å². The van der Waals surface area contributed by atoms with E-state index in [4.69, 9.17) is 9.47 Å². The van der Waals surface area contributed by atoms with Crippen LogP contribution in [0.2, 0.25) is 0 Å². The van der Waals surface area contributed by atoms with Gasteiger partial charge >= 0.3 is 0 Å². The van der Waals surface area contributed by atoms with Gasteiger partial charge in [0.15, 0.2) is 23.1 Å². The molecule has 8 nitrogen and oxygen atoms in total. The summed E-state index contributed by atoms with van der Waals surface area (Å²) >= 11 is 0. The predicted molar refractivity (Wildman–Crippen MR) is 165 cm³/mol. The summed E-state index contributed by atoms with van der Waals surface area (Å²) < 4.78 is 10.5. The van der Waals surface area contributed by atoms with Gasteiger partial charge in [0.2, 0.25) is 11.6 Å². The first kappa shape index (κ1) is 30.7. The molecule has 228 valence electrons. The summed E-state index contributed by atoms with van der Waals surface area (Å²) in [6.07, 6.45) is 6.60. The smallest absolute Gasteiger partial charge is 0.227 e. The van der Waals surface area contributed by atoms with Gasteiger partial charge in [0.1, 0.15) is 11.5 Å². The van der Waals surface area contributed by atoms with Crippen molar-refractivity contribution in [2.75, 3.05) is 14.2 Å². The lowest BCUT2D eigenvalue weighted by molar-refractivity contribution is -0.122. The maximum Gasteiger partial charge on any atom is 0.227 e. The van der Waals surface area contributed by atoms with E-state index in [0.717, 1.165) is 11.1 Å². The number of fused-ring (bicyclic) bond motifs is 6. The summed E-state index contributed by atoms with van der Waals surface area (Å²) in [6.45, 7) is 10.8. The lowest BCUT2D eigenvalue weighted by Gasteiger charge is -2.44. The Kier molecular flexibility index (Phi) is 6.92. The number of benzene rings is 2. The van der Waals surface area contributed by atoms with E-state index in [0.29, 0.717) is 33.8 Å². The molecule has 0 heterocycles. The highest BCUT2D eigenvalue weighted by molar-refractivity contribution is 6.14. The van der Waals surface area contributed by atoms with Crippen LogP contribution in [0.1, 0.15) is 73.4 Å². The molecule has 2 aromatic carbocycles.